The molecule has 17 heavy (non-hydrogen) atoms. The van der Waals surface area contributed by atoms with Gasteiger partial charge in [-0.15, -0.1) is 0 Å². The van der Waals surface area contributed by atoms with Crippen LogP contribution in [0.25, 0.3) is 0 Å². The summed E-state index contributed by atoms with van der Waals surface area (Å²) < 4.78 is 5.59. The Labute approximate surface area is 108 Å². The number of aldehydes is 1. The highest BCUT2D eigenvalue weighted by Gasteiger charge is 2.11. The predicted octanol–water partition coefficient (Wildman–Crippen LogP) is 4.02. The van der Waals surface area contributed by atoms with Crippen LogP contribution in [0.15, 0.2) is 18.2 Å². The van der Waals surface area contributed by atoms with Gasteiger partial charge in [-0.05, 0) is 25.5 Å². The van der Waals surface area contributed by atoms with Crippen molar-refractivity contribution in [2.24, 2.45) is 0 Å². The fourth-order valence-electron chi connectivity index (χ4n) is 1.42. The number of nitrogens with zero attached hydrogens (tertiary/aromatic N) is 1. The summed E-state index contributed by atoms with van der Waals surface area (Å²) in [5.41, 5.74) is 2.18. The maximum Gasteiger partial charge on any atom is 0.280 e. The van der Waals surface area contributed by atoms with Gasteiger partial charge in [0.05, 0.1) is 0 Å². The average Bonchev–Trinajstić information content (AvgIpc) is 2.63. The molecule has 0 atom stereocenters. The lowest BCUT2D eigenvalue weighted by Crippen LogP contribution is -1.87. The Morgan fingerprint density at radius 1 is 1.41 bits per heavy atom. The minimum absolute atomic E-state index is 0.185. The summed E-state index contributed by atoms with van der Waals surface area (Å²) >= 11 is 6.90. The minimum Gasteiger partial charge on any atom is -0.431 e. The highest BCUT2D eigenvalue weighted by Crippen LogP contribution is 2.32. The number of aromatic nitrogens is 1. The third kappa shape index (κ3) is 2.65. The molecule has 0 saturated carbocycles. The van der Waals surface area contributed by atoms with Crippen LogP contribution in [0.5, 0.6) is 10.9 Å². The van der Waals surface area contributed by atoms with Crippen molar-refractivity contribution in [3.8, 4) is 10.9 Å². The van der Waals surface area contributed by atoms with E-state index in [0.717, 1.165) is 22.6 Å². The van der Waals surface area contributed by atoms with Crippen LogP contribution in [0, 0.1) is 13.8 Å². The molecule has 5 heteroatoms. The van der Waals surface area contributed by atoms with Crippen molar-refractivity contribution in [3.05, 3.63) is 39.4 Å². The van der Waals surface area contributed by atoms with E-state index >= 15 is 0 Å². The zero-order valence-corrected chi connectivity index (χ0v) is 10.9. The predicted molar refractivity (Wildman–Crippen MR) is 68.5 cm³/mol. The average molecular weight is 268 g/mol. The number of rotatable bonds is 3. The second kappa shape index (κ2) is 4.85. The van der Waals surface area contributed by atoms with Gasteiger partial charge >= 0.3 is 0 Å². The van der Waals surface area contributed by atoms with Gasteiger partial charge in [0.25, 0.3) is 5.19 Å². The molecule has 0 unspecified atom stereocenters. The number of carbonyl (C=O) groups excluding carboxylic acids is 1. The largest absolute Gasteiger partial charge is 0.431 e. The number of benzene rings is 1. The summed E-state index contributed by atoms with van der Waals surface area (Å²) in [6.07, 6.45) is 0.675. The molecule has 1 heterocycles. The van der Waals surface area contributed by atoms with E-state index in [0.29, 0.717) is 16.4 Å². The van der Waals surface area contributed by atoms with Crippen molar-refractivity contribution >= 4 is 29.2 Å². The molecule has 0 spiro atoms. The van der Waals surface area contributed by atoms with Gasteiger partial charge < -0.3 is 4.74 Å². The Bertz CT molecular complexity index is 566. The highest BCUT2D eigenvalue weighted by atomic mass is 35.5. The molecular formula is C12H10ClNO2S. The topological polar surface area (TPSA) is 39.2 Å². The lowest BCUT2D eigenvalue weighted by molar-refractivity contribution is 0.112. The summed E-state index contributed by atoms with van der Waals surface area (Å²) in [5.74, 6) is 0.721. The van der Waals surface area contributed by atoms with Gasteiger partial charge in [-0.2, -0.15) is 4.98 Å². The van der Waals surface area contributed by atoms with Crippen LogP contribution in [0.2, 0.25) is 5.15 Å². The van der Waals surface area contributed by atoms with Crippen molar-refractivity contribution < 1.29 is 9.53 Å². The van der Waals surface area contributed by atoms with Gasteiger partial charge in [-0.25, -0.2) is 0 Å². The Balaban J connectivity index is 2.28. The zero-order valence-electron chi connectivity index (χ0n) is 9.36. The lowest BCUT2D eigenvalue weighted by Gasteiger charge is -2.05. The third-order valence-electron chi connectivity index (χ3n) is 2.22. The SMILES string of the molecule is Cc1ccc(Oc2nc(Cl)c(C=O)s2)c(C)c1. The molecule has 0 bridgehead atoms. The van der Waals surface area contributed by atoms with Crippen LogP contribution in [-0.2, 0) is 0 Å². The molecule has 1 aromatic heterocycles. The van der Waals surface area contributed by atoms with Crippen LogP contribution in [0.4, 0.5) is 0 Å². The summed E-state index contributed by atoms with van der Waals surface area (Å²) in [4.78, 5) is 15.0. The van der Waals surface area contributed by atoms with Crippen LogP contribution < -0.4 is 4.74 Å². The summed E-state index contributed by atoms with van der Waals surface area (Å²) in [6.45, 7) is 3.97. The second-order valence-electron chi connectivity index (χ2n) is 3.62. The fraction of sp³-hybridized carbons (Fsp3) is 0.167. The highest BCUT2D eigenvalue weighted by molar-refractivity contribution is 7.15. The zero-order chi connectivity index (χ0) is 12.4. The summed E-state index contributed by atoms with van der Waals surface area (Å²) in [6, 6.07) is 5.85. The molecule has 0 fully saturated rings. The number of halogens is 1. The molecule has 0 aliphatic carbocycles. The number of hydrogen-bond acceptors (Lipinski definition) is 4. The summed E-state index contributed by atoms with van der Waals surface area (Å²) in [5, 5.41) is 0.564. The van der Waals surface area contributed by atoms with Gasteiger partial charge in [0.1, 0.15) is 10.6 Å². The molecule has 0 amide bonds. The first kappa shape index (κ1) is 12.1. The monoisotopic (exact) mass is 267 g/mol. The van der Waals surface area contributed by atoms with Crippen molar-refractivity contribution in [3.63, 3.8) is 0 Å². The number of hydrogen-bond donors (Lipinski definition) is 0. The first-order valence-electron chi connectivity index (χ1n) is 4.97. The van der Waals surface area contributed by atoms with E-state index in [1.54, 1.807) is 0 Å². The molecular weight excluding hydrogens is 258 g/mol. The normalized spacial score (nSPS) is 10.3. The molecule has 0 saturated heterocycles. The molecule has 2 rings (SSSR count). The Hall–Kier alpha value is -1.39. The Morgan fingerprint density at radius 2 is 2.18 bits per heavy atom. The number of carbonyl (C=O) groups is 1. The van der Waals surface area contributed by atoms with Gasteiger partial charge in [-0.3, -0.25) is 4.79 Å². The molecule has 0 aliphatic heterocycles. The maximum atomic E-state index is 10.6. The molecule has 0 aliphatic rings. The van der Waals surface area contributed by atoms with Gasteiger partial charge in [0, 0.05) is 0 Å². The minimum atomic E-state index is 0.185. The van der Waals surface area contributed by atoms with Gasteiger partial charge in [0.2, 0.25) is 0 Å². The first-order valence-corrected chi connectivity index (χ1v) is 6.16. The third-order valence-corrected chi connectivity index (χ3v) is 3.48. The van der Waals surface area contributed by atoms with Crippen LogP contribution >= 0.6 is 22.9 Å². The molecule has 3 nitrogen and oxygen atoms in total. The quantitative estimate of drug-likeness (QED) is 0.789. The Kier molecular flexibility index (Phi) is 3.45. The van der Waals surface area contributed by atoms with E-state index in [-0.39, 0.29) is 5.15 Å². The number of aryl methyl sites for hydroxylation is 2. The van der Waals surface area contributed by atoms with Crippen molar-refractivity contribution in [2.75, 3.05) is 0 Å². The van der Waals surface area contributed by atoms with E-state index in [1.165, 1.54) is 5.56 Å². The molecule has 1 aromatic carbocycles. The first-order chi connectivity index (χ1) is 8.10. The van der Waals surface area contributed by atoms with Crippen LogP contribution in [-0.4, -0.2) is 11.3 Å². The fourth-order valence-corrected chi connectivity index (χ4v) is 2.34. The molecule has 0 N–H and O–H groups in total. The number of ether oxygens (including phenoxy) is 1. The second-order valence-corrected chi connectivity index (χ2v) is 4.97. The number of thiazole rings is 1. The summed E-state index contributed by atoms with van der Waals surface area (Å²) in [7, 11) is 0. The lowest BCUT2D eigenvalue weighted by atomic mass is 10.1. The van der Waals surface area contributed by atoms with E-state index in [2.05, 4.69) is 4.98 Å². The van der Waals surface area contributed by atoms with Crippen LogP contribution in [0.3, 0.4) is 0 Å². The maximum absolute atomic E-state index is 10.6. The Morgan fingerprint density at radius 3 is 2.76 bits per heavy atom. The van der Waals surface area contributed by atoms with Crippen molar-refractivity contribution in [1.29, 1.82) is 0 Å². The van der Waals surface area contributed by atoms with Gasteiger partial charge in [0.15, 0.2) is 11.4 Å². The molecule has 2 aromatic rings. The van der Waals surface area contributed by atoms with E-state index in [1.807, 2.05) is 32.0 Å². The smallest absolute Gasteiger partial charge is 0.280 e. The van der Waals surface area contributed by atoms with Crippen molar-refractivity contribution in [2.45, 2.75) is 13.8 Å². The van der Waals surface area contributed by atoms with E-state index < -0.39 is 0 Å². The van der Waals surface area contributed by atoms with Crippen LogP contribution in [0.1, 0.15) is 20.8 Å². The molecule has 0 radical (unpaired) electrons. The van der Waals surface area contributed by atoms with Crippen molar-refractivity contribution in [1.82, 2.24) is 4.98 Å². The molecule has 88 valence electrons. The van der Waals surface area contributed by atoms with Gasteiger partial charge in [-0.1, -0.05) is 40.6 Å². The standard InChI is InChI=1S/C12H10ClNO2S/c1-7-3-4-9(8(2)5-7)16-12-14-11(13)10(6-15)17-12/h3-6H,1-2H3. The van der Waals surface area contributed by atoms with E-state index in [9.17, 15) is 4.79 Å². The van der Waals surface area contributed by atoms with E-state index in [4.69, 9.17) is 16.3 Å².